The third-order valence-electron chi connectivity index (χ3n) is 1.35. The summed E-state index contributed by atoms with van der Waals surface area (Å²) in [6, 6.07) is 0. The smallest absolute Gasteiger partial charge is 0.0291 e. The zero-order valence-corrected chi connectivity index (χ0v) is 8.12. The first kappa shape index (κ1) is 10.3. The molecule has 0 aromatic carbocycles. The Labute approximate surface area is 70.2 Å². The monoisotopic (exact) mass is 153 g/mol. The van der Waals surface area contributed by atoms with Gasteiger partial charge in [0.2, 0.25) is 0 Å². The Morgan fingerprint density at radius 2 is 1.73 bits per heavy atom. The van der Waals surface area contributed by atoms with E-state index in [1.165, 1.54) is 0 Å². The first-order chi connectivity index (χ1) is 4.83. The summed E-state index contributed by atoms with van der Waals surface area (Å²) in [5, 5.41) is 3.23. The maximum Gasteiger partial charge on any atom is 0.0291 e. The first-order valence-electron chi connectivity index (χ1n) is 3.91. The van der Waals surface area contributed by atoms with Crippen LogP contribution in [0, 0.1) is 5.41 Å². The number of allylic oxidation sites excluding steroid dienone is 1. The van der Waals surface area contributed by atoms with Crippen molar-refractivity contribution in [1.82, 2.24) is 5.32 Å². The molecule has 0 fully saturated rings. The summed E-state index contributed by atoms with van der Waals surface area (Å²) in [7, 11) is 0. The van der Waals surface area contributed by atoms with Gasteiger partial charge in [-0.25, -0.2) is 0 Å². The van der Waals surface area contributed by atoms with Crippen LogP contribution in [-0.4, -0.2) is 6.54 Å². The third-order valence-corrected chi connectivity index (χ3v) is 1.35. The van der Waals surface area contributed by atoms with Crippen molar-refractivity contribution in [2.75, 3.05) is 6.54 Å². The highest BCUT2D eigenvalue weighted by molar-refractivity contribution is 5.20. The van der Waals surface area contributed by atoms with Gasteiger partial charge >= 0.3 is 0 Å². The highest BCUT2D eigenvalue weighted by atomic mass is 14.9. The second-order valence-corrected chi connectivity index (χ2v) is 4.17. The molecule has 0 saturated heterocycles. The molecule has 0 unspecified atom stereocenters. The standard InChI is InChI=1S/C10H19N/c1-8(2)9(3)11-7-10(4,5)6/h11H,1,3,7H2,2,4-6H3. The maximum atomic E-state index is 3.85. The van der Waals surface area contributed by atoms with Gasteiger partial charge in [-0.2, -0.15) is 0 Å². The molecule has 0 spiro atoms. The molecular weight excluding hydrogens is 134 g/mol. The van der Waals surface area contributed by atoms with Crippen molar-refractivity contribution in [2.24, 2.45) is 5.41 Å². The maximum absolute atomic E-state index is 3.85. The summed E-state index contributed by atoms with van der Waals surface area (Å²) in [5.74, 6) is 0. The zero-order valence-electron chi connectivity index (χ0n) is 8.12. The van der Waals surface area contributed by atoms with Crippen LogP contribution in [0.25, 0.3) is 0 Å². The van der Waals surface area contributed by atoms with Gasteiger partial charge in [0.15, 0.2) is 0 Å². The van der Waals surface area contributed by atoms with Crippen molar-refractivity contribution in [2.45, 2.75) is 27.7 Å². The van der Waals surface area contributed by atoms with E-state index in [4.69, 9.17) is 0 Å². The molecule has 64 valence electrons. The lowest BCUT2D eigenvalue weighted by molar-refractivity contribution is 0.398. The van der Waals surface area contributed by atoms with Crippen LogP contribution in [0.5, 0.6) is 0 Å². The topological polar surface area (TPSA) is 12.0 Å². The van der Waals surface area contributed by atoms with Gasteiger partial charge < -0.3 is 5.32 Å². The van der Waals surface area contributed by atoms with Gasteiger partial charge in [-0.3, -0.25) is 0 Å². The Morgan fingerprint density at radius 3 is 2.00 bits per heavy atom. The molecule has 1 nitrogen and oxygen atoms in total. The fourth-order valence-electron chi connectivity index (χ4n) is 0.523. The summed E-state index contributed by atoms with van der Waals surface area (Å²) >= 11 is 0. The molecule has 0 heterocycles. The van der Waals surface area contributed by atoms with Crippen LogP contribution < -0.4 is 5.32 Å². The quantitative estimate of drug-likeness (QED) is 0.615. The molecule has 0 saturated carbocycles. The summed E-state index contributed by atoms with van der Waals surface area (Å²) in [4.78, 5) is 0. The molecule has 0 radical (unpaired) electrons. The largest absolute Gasteiger partial charge is 0.385 e. The van der Waals surface area contributed by atoms with Crippen molar-refractivity contribution >= 4 is 0 Å². The van der Waals surface area contributed by atoms with E-state index < -0.39 is 0 Å². The number of rotatable bonds is 3. The Hall–Kier alpha value is -0.720. The average Bonchev–Trinajstić information content (AvgIpc) is 1.80. The lowest BCUT2D eigenvalue weighted by atomic mass is 9.97. The van der Waals surface area contributed by atoms with Crippen LogP contribution in [0.15, 0.2) is 24.4 Å². The van der Waals surface area contributed by atoms with E-state index in [0.717, 1.165) is 17.8 Å². The SMILES string of the molecule is C=C(C)C(=C)NCC(C)(C)C. The van der Waals surface area contributed by atoms with Crippen LogP contribution in [0.2, 0.25) is 0 Å². The lowest BCUT2D eigenvalue weighted by Gasteiger charge is -2.20. The predicted molar refractivity (Wildman–Crippen MR) is 51.4 cm³/mol. The van der Waals surface area contributed by atoms with Crippen molar-refractivity contribution < 1.29 is 0 Å². The predicted octanol–water partition coefficient (Wildman–Crippen LogP) is 2.71. The Morgan fingerprint density at radius 1 is 1.27 bits per heavy atom. The Kier molecular flexibility index (Phi) is 3.37. The minimum Gasteiger partial charge on any atom is -0.385 e. The summed E-state index contributed by atoms with van der Waals surface area (Å²) in [6.45, 7) is 17.1. The molecule has 0 aliphatic heterocycles. The van der Waals surface area contributed by atoms with Crippen molar-refractivity contribution in [3.8, 4) is 0 Å². The van der Waals surface area contributed by atoms with Gasteiger partial charge in [0, 0.05) is 12.2 Å². The first-order valence-corrected chi connectivity index (χ1v) is 3.91. The van der Waals surface area contributed by atoms with E-state index in [9.17, 15) is 0 Å². The molecule has 0 amide bonds. The molecule has 1 N–H and O–H groups in total. The van der Waals surface area contributed by atoms with Gasteiger partial charge in [-0.05, 0) is 17.9 Å². The molecule has 0 bridgehead atoms. The van der Waals surface area contributed by atoms with Crippen LogP contribution in [-0.2, 0) is 0 Å². The van der Waals surface area contributed by atoms with E-state index in [1.54, 1.807) is 0 Å². The van der Waals surface area contributed by atoms with Gasteiger partial charge in [0.25, 0.3) is 0 Å². The Balaban J connectivity index is 3.73. The summed E-state index contributed by atoms with van der Waals surface area (Å²) in [6.07, 6.45) is 0. The Bertz CT molecular complexity index is 160. The normalized spacial score (nSPS) is 10.9. The number of hydrogen-bond donors (Lipinski definition) is 1. The molecule has 1 heteroatoms. The second kappa shape index (κ2) is 3.61. The molecule has 0 aliphatic rings. The molecule has 0 aromatic heterocycles. The van der Waals surface area contributed by atoms with E-state index in [-0.39, 0.29) is 0 Å². The second-order valence-electron chi connectivity index (χ2n) is 4.17. The molecule has 11 heavy (non-hydrogen) atoms. The molecular formula is C10H19N. The number of hydrogen-bond acceptors (Lipinski definition) is 1. The zero-order chi connectivity index (χ0) is 9.07. The van der Waals surface area contributed by atoms with Crippen LogP contribution in [0.3, 0.4) is 0 Å². The minimum atomic E-state index is 0.304. The van der Waals surface area contributed by atoms with Crippen molar-refractivity contribution in [1.29, 1.82) is 0 Å². The highest BCUT2D eigenvalue weighted by Gasteiger charge is 2.09. The van der Waals surface area contributed by atoms with E-state index in [0.29, 0.717) is 5.41 Å². The molecule has 0 rings (SSSR count). The molecule has 0 aromatic rings. The van der Waals surface area contributed by atoms with Gasteiger partial charge in [0.1, 0.15) is 0 Å². The van der Waals surface area contributed by atoms with Crippen molar-refractivity contribution in [3.63, 3.8) is 0 Å². The number of nitrogens with one attached hydrogen (secondary N) is 1. The van der Waals surface area contributed by atoms with Crippen LogP contribution in [0.1, 0.15) is 27.7 Å². The average molecular weight is 153 g/mol. The third kappa shape index (κ3) is 5.71. The van der Waals surface area contributed by atoms with E-state index >= 15 is 0 Å². The lowest BCUT2D eigenvalue weighted by Crippen LogP contribution is -2.26. The summed E-state index contributed by atoms with van der Waals surface area (Å²) < 4.78 is 0. The van der Waals surface area contributed by atoms with Crippen molar-refractivity contribution in [3.05, 3.63) is 24.4 Å². The van der Waals surface area contributed by atoms with Gasteiger partial charge in [0.05, 0.1) is 0 Å². The van der Waals surface area contributed by atoms with E-state index in [1.807, 2.05) is 6.92 Å². The highest BCUT2D eigenvalue weighted by Crippen LogP contribution is 2.12. The summed E-state index contributed by atoms with van der Waals surface area (Å²) in [5.41, 5.74) is 2.26. The van der Waals surface area contributed by atoms with Gasteiger partial charge in [-0.15, -0.1) is 0 Å². The van der Waals surface area contributed by atoms with Crippen LogP contribution >= 0.6 is 0 Å². The fraction of sp³-hybridized carbons (Fsp3) is 0.600. The van der Waals surface area contributed by atoms with Gasteiger partial charge in [-0.1, -0.05) is 33.9 Å². The fourth-order valence-corrected chi connectivity index (χ4v) is 0.523. The van der Waals surface area contributed by atoms with Crippen LogP contribution in [0.4, 0.5) is 0 Å². The molecule has 0 aliphatic carbocycles. The minimum absolute atomic E-state index is 0.304. The molecule has 0 atom stereocenters. The van der Waals surface area contributed by atoms with E-state index in [2.05, 4.69) is 39.2 Å².